The van der Waals surface area contributed by atoms with Crippen molar-refractivity contribution >= 4 is 6.03 Å². The van der Waals surface area contributed by atoms with Crippen molar-refractivity contribution < 1.29 is 9.53 Å². The largest absolute Gasteiger partial charge is 0.376 e. The van der Waals surface area contributed by atoms with Gasteiger partial charge in [0, 0.05) is 19.6 Å². The molecule has 140 valence electrons. The van der Waals surface area contributed by atoms with Crippen molar-refractivity contribution in [3.63, 3.8) is 0 Å². The first-order valence-corrected chi connectivity index (χ1v) is 9.39. The Kier molecular flexibility index (Phi) is 7.72. The number of amides is 2. The minimum absolute atomic E-state index is 0.0946. The third kappa shape index (κ3) is 7.04. The Balaban J connectivity index is 1.73. The lowest BCUT2D eigenvalue weighted by Crippen LogP contribution is -2.41. The summed E-state index contributed by atoms with van der Waals surface area (Å²) in [6.07, 6.45) is 2.58. The second-order valence-corrected chi connectivity index (χ2v) is 7.31. The number of benzene rings is 1. The molecule has 1 aliphatic rings. The molecular weight excluding hydrogens is 314 g/mol. The highest BCUT2D eigenvalue weighted by Crippen LogP contribution is 2.23. The average Bonchev–Trinajstić information content (AvgIpc) is 2.57. The van der Waals surface area contributed by atoms with E-state index in [1.807, 2.05) is 0 Å². The van der Waals surface area contributed by atoms with E-state index in [2.05, 4.69) is 67.6 Å². The number of nitrogens with zero attached hydrogens (tertiary/aromatic N) is 1. The quantitative estimate of drug-likeness (QED) is 0.797. The second-order valence-electron chi connectivity index (χ2n) is 7.31. The van der Waals surface area contributed by atoms with Gasteiger partial charge in [-0.1, -0.05) is 31.2 Å². The van der Waals surface area contributed by atoms with E-state index in [1.165, 1.54) is 5.56 Å². The maximum absolute atomic E-state index is 12.1. The van der Waals surface area contributed by atoms with Gasteiger partial charge in [-0.25, -0.2) is 4.79 Å². The Hall–Kier alpha value is -1.59. The Morgan fingerprint density at radius 1 is 1.20 bits per heavy atom. The smallest absolute Gasteiger partial charge is 0.315 e. The van der Waals surface area contributed by atoms with Crippen molar-refractivity contribution in [3.8, 4) is 0 Å². The van der Waals surface area contributed by atoms with Crippen LogP contribution in [0.15, 0.2) is 24.3 Å². The van der Waals surface area contributed by atoms with E-state index in [0.29, 0.717) is 19.0 Å². The molecule has 0 aliphatic carbocycles. The van der Waals surface area contributed by atoms with Crippen LogP contribution >= 0.6 is 0 Å². The van der Waals surface area contributed by atoms with E-state index in [-0.39, 0.29) is 18.2 Å². The lowest BCUT2D eigenvalue weighted by atomic mass is 9.92. The van der Waals surface area contributed by atoms with Crippen LogP contribution < -0.4 is 10.6 Å². The third-order valence-corrected chi connectivity index (χ3v) is 4.78. The van der Waals surface area contributed by atoms with Gasteiger partial charge in [-0.05, 0) is 57.3 Å². The van der Waals surface area contributed by atoms with E-state index >= 15 is 0 Å². The van der Waals surface area contributed by atoms with E-state index in [4.69, 9.17) is 4.74 Å². The number of rotatable bonds is 7. The number of hydrogen-bond acceptors (Lipinski definition) is 3. The van der Waals surface area contributed by atoms with Gasteiger partial charge in [0.1, 0.15) is 0 Å². The fourth-order valence-corrected chi connectivity index (χ4v) is 3.45. The van der Waals surface area contributed by atoms with Crippen molar-refractivity contribution in [3.05, 3.63) is 35.4 Å². The summed E-state index contributed by atoms with van der Waals surface area (Å²) < 4.78 is 5.74. The van der Waals surface area contributed by atoms with Gasteiger partial charge >= 0.3 is 6.03 Å². The molecular formula is C20H33N3O2. The molecule has 2 rings (SSSR count). The Morgan fingerprint density at radius 3 is 2.56 bits per heavy atom. The molecule has 2 N–H and O–H groups in total. The topological polar surface area (TPSA) is 53.6 Å². The molecule has 0 aromatic heterocycles. The SMILES string of the molecule is CCN(C)Cc1cccc(CNC(=O)NCC2C[C@@H](C)O[C@@H](C)C2)c1. The predicted octanol–water partition coefficient (Wildman–Crippen LogP) is 3.14. The number of nitrogens with one attached hydrogen (secondary N) is 2. The molecule has 1 unspecified atom stereocenters. The van der Waals surface area contributed by atoms with Crippen molar-refractivity contribution in [1.82, 2.24) is 15.5 Å². The average molecular weight is 348 g/mol. The van der Waals surface area contributed by atoms with Crippen LogP contribution in [0.2, 0.25) is 0 Å². The lowest BCUT2D eigenvalue weighted by molar-refractivity contribution is -0.0511. The molecule has 1 aliphatic heterocycles. The Labute approximate surface area is 152 Å². The van der Waals surface area contributed by atoms with Crippen molar-refractivity contribution in [2.45, 2.75) is 58.9 Å². The Morgan fingerprint density at radius 2 is 1.88 bits per heavy atom. The normalized spacial score (nSPS) is 23.5. The maximum Gasteiger partial charge on any atom is 0.315 e. The molecule has 25 heavy (non-hydrogen) atoms. The molecule has 0 spiro atoms. The van der Waals surface area contributed by atoms with Crippen LogP contribution in [0.4, 0.5) is 4.79 Å². The summed E-state index contributed by atoms with van der Waals surface area (Å²) in [4.78, 5) is 14.3. The number of carbonyl (C=O) groups excluding carboxylic acids is 1. The minimum atomic E-state index is -0.0946. The van der Waals surface area contributed by atoms with Crippen molar-refractivity contribution in [1.29, 1.82) is 0 Å². The minimum Gasteiger partial charge on any atom is -0.376 e. The van der Waals surface area contributed by atoms with E-state index in [1.54, 1.807) is 0 Å². The molecule has 5 heteroatoms. The summed E-state index contributed by atoms with van der Waals surface area (Å²) in [6.45, 7) is 9.57. The molecule has 0 saturated carbocycles. The van der Waals surface area contributed by atoms with Crippen LogP contribution in [0.25, 0.3) is 0 Å². The van der Waals surface area contributed by atoms with Gasteiger partial charge in [0.25, 0.3) is 0 Å². The molecule has 1 heterocycles. The summed E-state index contributed by atoms with van der Waals surface area (Å²) in [7, 11) is 2.11. The molecule has 0 radical (unpaired) electrons. The third-order valence-electron chi connectivity index (χ3n) is 4.78. The van der Waals surface area contributed by atoms with Crippen molar-refractivity contribution in [2.75, 3.05) is 20.1 Å². The number of hydrogen-bond donors (Lipinski definition) is 2. The monoisotopic (exact) mass is 347 g/mol. The summed E-state index contributed by atoms with van der Waals surface area (Å²) in [6, 6.07) is 8.30. The molecule has 5 nitrogen and oxygen atoms in total. The molecule has 1 aromatic carbocycles. The molecule has 0 bridgehead atoms. The molecule has 2 amide bonds. The highest BCUT2D eigenvalue weighted by Gasteiger charge is 2.24. The lowest BCUT2D eigenvalue weighted by Gasteiger charge is -2.32. The van der Waals surface area contributed by atoms with Gasteiger partial charge in [-0.15, -0.1) is 0 Å². The first-order chi connectivity index (χ1) is 12.0. The Bertz CT molecular complexity index is 539. The van der Waals surface area contributed by atoms with E-state index in [9.17, 15) is 4.79 Å². The van der Waals surface area contributed by atoms with Gasteiger partial charge in [0.2, 0.25) is 0 Å². The highest BCUT2D eigenvalue weighted by molar-refractivity contribution is 5.73. The van der Waals surface area contributed by atoms with Gasteiger partial charge in [0.05, 0.1) is 12.2 Å². The maximum atomic E-state index is 12.1. The fraction of sp³-hybridized carbons (Fsp3) is 0.650. The van der Waals surface area contributed by atoms with Gasteiger partial charge in [0.15, 0.2) is 0 Å². The summed E-state index contributed by atoms with van der Waals surface area (Å²) in [5.74, 6) is 0.498. The highest BCUT2D eigenvalue weighted by atomic mass is 16.5. The second kappa shape index (κ2) is 9.78. The fourth-order valence-electron chi connectivity index (χ4n) is 3.45. The van der Waals surface area contributed by atoms with Crippen LogP contribution in [-0.2, 0) is 17.8 Å². The first kappa shape index (κ1) is 19.7. The van der Waals surface area contributed by atoms with Crippen LogP contribution in [0.3, 0.4) is 0 Å². The predicted molar refractivity (Wildman–Crippen MR) is 101 cm³/mol. The number of urea groups is 1. The van der Waals surface area contributed by atoms with Gasteiger partial charge in [-0.2, -0.15) is 0 Å². The van der Waals surface area contributed by atoms with Gasteiger partial charge < -0.3 is 20.3 Å². The molecule has 1 saturated heterocycles. The zero-order chi connectivity index (χ0) is 18.2. The van der Waals surface area contributed by atoms with Crippen LogP contribution in [-0.4, -0.2) is 43.3 Å². The van der Waals surface area contributed by atoms with Crippen LogP contribution in [0.5, 0.6) is 0 Å². The summed E-state index contributed by atoms with van der Waals surface area (Å²) in [5.41, 5.74) is 2.40. The molecule has 3 atom stereocenters. The van der Waals surface area contributed by atoms with E-state index < -0.39 is 0 Å². The standard InChI is InChI=1S/C20H33N3O2/c1-5-23(4)14-18-8-6-7-17(11-18)12-21-20(24)22-13-19-9-15(2)25-16(3)10-19/h6-8,11,15-16,19H,5,9-10,12-14H2,1-4H3,(H2,21,22,24)/t15-,16+,19?. The number of carbonyl (C=O) groups is 1. The van der Waals surface area contributed by atoms with Crippen LogP contribution in [0.1, 0.15) is 44.7 Å². The zero-order valence-corrected chi connectivity index (χ0v) is 16.0. The summed E-state index contributed by atoms with van der Waals surface area (Å²) >= 11 is 0. The van der Waals surface area contributed by atoms with Gasteiger partial charge in [-0.3, -0.25) is 0 Å². The molecule has 1 fully saturated rings. The zero-order valence-electron chi connectivity index (χ0n) is 16.0. The number of ether oxygens (including phenoxy) is 1. The summed E-state index contributed by atoms with van der Waals surface area (Å²) in [5, 5.41) is 5.97. The van der Waals surface area contributed by atoms with Crippen molar-refractivity contribution in [2.24, 2.45) is 5.92 Å². The van der Waals surface area contributed by atoms with E-state index in [0.717, 1.165) is 31.5 Å². The molecule has 1 aromatic rings. The van der Waals surface area contributed by atoms with Crippen LogP contribution in [0, 0.1) is 5.92 Å². The first-order valence-electron chi connectivity index (χ1n) is 9.39.